The van der Waals surface area contributed by atoms with Gasteiger partial charge in [-0.2, -0.15) is 0 Å². The van der Waals surface area contributed by atoms with Gasteiger partial charge in [-0.1, -0.05) is 17.7 Å². The van der Waals surface area contributed by atoms with Gasteiger partial charge in [-0.15, -0.1) is 0 Å². The monoisotopic (exact) mass is 399 g/mol. The molecule has 3 N–H and O–H groups in total. The van der Waals surface area contributed by atoms with Crippen LogP contribution in [0.5, 0.6) is 0 Å². The largest absolute Gasteiger partial charge is 0.366 e. The zero-order valence-corrected chi connectivity index (χ0v) is 15.2. The summed E-state index contributed by atoms with van der Waals surface area (Å²) in [5.41, 5.74) is 5.31. The van der Waals surface area contributed by atoms with Gasteiger partial charge in [0.2, 0.25) is 5.91 Å². The molecule has 0 saturated heterocycles. The lowest BCUT2D eigenvalue weighted by Crippen LogP contribution is -2.29. The van der Waals surface area contributed by atoms with E-state index in [9.17, 15) is 18.8 Å². The van der Waals surface area contributed by atoms with E-state index >= 15 is 0 Å². The fourth-order valence-corrected chi connectivity index (χ4v) is 2.83. The zero-order chi connectivity index (χ0) is 20.3. The molecule has 0 aliphatic rings. The van der Waals surface area contributed by atoms with Crippen LogP contribution in [0.1, 0.15) is 26.3 Å². The smallest absolute Gasteiger partial charge is 0.263 e. The molecule has 1 aromatic heterocycles. The van der Waals surface area contributed by atoms with E-state index in [-0.39, 0.29) is 22.7 Å². The number of nitrogens with one attached hydrogen (secondary N) is 1. The van der Waals surface area contributed by atoms with Crippen LogP contribution in [0.3, 0.4) is 0 Å². The van der Waals surface area contributed by atoms with Crippen molar-refractivity contribution in [3.8, 4) is 0 Å². The second kappa shape index (κ2) is 8.06. The minimum atomic E-state index is -0.634. The summed E-state index contributed by atoms with van der Waals surface area (Å²) >= 11 is 6.01. The molecule has 28 heavy (non-hydrogen) atoms. The Bertz CT molecular complexity index is 1090. The van der Waals surface area contributed by atoms with Crippen LogP contribution < -0.4 is 16.6 Å². The number of nitrogens with two attached hydrogens (primary N) is 1. The average molecular weight is 400 g/mol. The van der Waals surface area contributed by atoms with Crippen LogP contribution in [-0.2, 0) is 6.54 Å². The molecular formula is C20H15ClFN3O3. The zero-order valence-electron chi connectivity index (χ0n) is 14.5. The van der Waals surface area contributed by atoms with Crippen LogP contribution in [0.2, 0.25) is 5.02 Å². The normalized spacial score (nSPS) is 10.5. The minimum Gasteiger partial charge on any atom is -0.366 e. The number of benzene rings is 2. The van der Waals surface area contributed by atoms with Crippen LogP contribution in [0.4, 0.5) is 10.1 Å². The lowest BCUT2D eigenvalue weighted by atomic mass is 10.2. The molecule has 0 bridgehead atoms. The Kier molecular flexibility index (Phi) is 5.56. The number of carbonyl (C=O) groups is 2. The maximum Gasteiger partial charge on any atom is 0.263 e. The third-order valence-corrected chi connectivity index (χ3v) is 4.44. The minimum absolute atomic E-state index is 0.112. The van der Waals surface area contributed by atoms with Crippen molar-refractivity contribution < 1.29 is 14.0 Å². The first kappa shape index (κ1) is 19.3. The van der Waals surface area contributed by atoms with Gasteiger partial charge in [0.1, 0.15) is 11.4 Å². The van der Waals surface area contributed by atoms with Crippen LogP contribution in [0.25, 0.3) is 0 Å². The van der Waals surface area contributed by atoms with Crippen LogP contribution in [0.15, 0.2) is 65.6 Å². The predicted molar refractivity (Wildman–Crippen MR) is 104 cm³/mol. The van der Waals surface area contributed by atoms with E-state index in [1.807, 2.05) is 0 Å². The Morgan fingerprint density at radius 1 is 1.07 bits per heavy atom. The van der Waals surface area contributed by atoms with E-state index in [0.717, 1.165) is 0 Å². The molecule has 0 saturated carbocycles. The summed E-state index contributed by atoms with van der Waals surface area (Å²) in [6.45, 7) is -0.112. The first-order valence-corrected chi connectivity index (χ1v) is 8.58. The topological polar surface area (TPSA) is 94.2 Å². The molecule has 0 radical (unpaired) electrons. The third-order valence-electron chi connectivity index (χ3n) is 4.08. The van der Waals surface area contributed by atoms with E-state index in [1.165, 1.54) is 65.4 Å². The van der Waals surface area contributed by atoms with Crippen molar-refractivity contribution in [2.24, 2.45) is 5.73 Å². The summed E-state index contributed by atoms with van der Waals surface area (Å²) in [6, 6.07) is 13.0. The molecule has 0 aliphatic carbocycles. The standard InChI is InChI=1S/C20H15ClFN3O3/c21-16-4-1-5-17(22)15(16)11-25-10-2-3-14(20(25)28)19(27)24-13-8-6-12(7-9-13)18(23)26/h1-10H,11H2,(H2,23,26)(H,24,27). The number of carbonyl (C=O) groups excluding carboxylic acids is 2. The number of hydrogen-bond donors (Lipinski definition) is 2. The van der Waals surface area contributed by atoms with Crippen molar-refractivity contribution in [3.05, 3.63) is 98.7 Å². The number of halogens is 2. The van der Waals surface area contributed by atoms with Crippen LogP contribution in [-0.4, -0.2) is 16.4 Å². The summed E-state index contributed by atoms with van der Waals surface area (Å²) in [5, 5.41) is 2.77. The second-order valence-electron chi connectivity index (χ2n) is 5.95. The van der Waals surface area contributed by atoms with Gasteiger partial charge in [-0.3, -0.25) is 14.4 Å². The number of pyridine rings is 1. The predicted octanol–water partition coefficient (Wildman–Crippen LogP) is 3.04. The maximum absolute atomic E-state index is 14.0. The van der Waals surface area contributed by atoms with Gasteiger partial charge in [0.15, 0.2) is 0 Å². The summed E-state index contributed by atoms with van der Waals surface area (Å²) in [6.07, 6.45) is 1.45. The van der Waals surface area contributed by atoms with Gasteiger partial charge < -0.3 is 15.6 Å². The first-order valence-electron chi connectivity index (χ1n) is 8.20. The average Bonchev–Trinajstić information content (AvgIpc) is 2.66. The van der Waals surface area contributed by atoms with Gasteiger partial charge in [-0.25, -0.2) is 4.39 Å². The molecule has 3 aromatic rings. The molecule has 0 atom stereocenters. The van der Waals surface area contributed by atoms with Crippen molar-refractivity contribution in [2.45, 2.75) is 6.54 Å². The van der Waals surface area contributed by atoms with E-state index in [4.69, 9.17) is 17.3 Å². The lowest BCUT2D eigenvalue weighted by molar-refractivity contribution is 0.0998. The Morgan fingerprint density at radius 2 is 1.79 bits per heavy atom. The van der Waals surface area contributed by atoms with Gasteiger partial charge in [-0.05, 0) is 48.5 Å². The van der Waals surface area contributed by atoms with Gasteiger partial charge in [0.05, 0.1) is 6.54 Å². The van der Waals surface area contributed by atoms with E-state index in [2.05, 4.69) is 5.32 Å². The highest BCUT2D eigenvalue weighted by Gasteiger charge is 2.15. The fraction of sp³-hybridized carbons (Fsp3) is 0.0500. The van der Waals surface area contributed by atoms with E-state index in [1.54, 1.807) is 0 Å². The molecule has 2 amide bonds. The van der Waals surface area contributed by atoms with Crippen molar-refractivity contribution in [1.29, 1.82) is 0 Å². The number of nitrogens with zero attached hydrogens (tertiary/aromatic N) is 1. The van der Waals surface area contributed by atoms with E-state index < -0.39 is 23.2 Å². The summed E-state index contributed by atoms with van der Waals surface area (Å²) < 4.78 is 15.2. The fourth-order valence-electron chi connectivity index (χ4n) is 2.60. The van der Waals surface area contributed by atoms with Crippen LogP contribution in [0, 0.1) is 5.82 Å². The van der Waals surface area contributed by atoms with Gasteiger partial charge in [0.25, 0.3) is 11.5 Å². The van der Waals surface area contributed by atoms with Gasteiger partial charge >= 0.3 is 0 Å². The molecule has 8 heteroatoms. The molecule has 142 valence electrons. The quantitative estimate of drug-likeness (QED) is 0.690. The van der Waals surface area contributed by atoms with Gasteiger partial charge in [0, 0.05) is 28.0 Å². The molecule has 0 fully saturated rings. The number of hydrogen-bond acceptors (Lipinski definition) is 3. The molecule has 0 spiro atoms. The van der Waals surface area contributed by atoms with E-state index in [0.29, 0.717) is 11.3 Å². The SMILES string of the molecule is NC(=O)c1ccc(NC(=O)c2cccn(Cc3c(F)cccc3Cl)c2=O)cc1. The lowest BCUT2D eigenvalue weighted by Gasteiger charge is -2.11. The summed E-state index contributed by atoms with van der Waals surface area (Å²) in [5.74, 6) is -1.76. The Labute approximate surface area is 164 Å². The maximum atomic E-state index is 14.0. The first-order chi connectivity index (χ1) is 13.4. The summed E-state index contributed by atoms with van der Waals surface area (Å²) in [7, 11) is 0. The highest BCUT2D eigenvalue weighted by molar-refractivity contribution is 6.31. The second-order valence-corrected chi connectivity index (χ2v) is 6.36. The molecule has 3 rings (SSSR count). The van der Waals surface area contributed by atoms with Crippen molar-refractivity contribution >= 4 is 29.1 Å². The highest BCUT2D eigenvalue weighted by atomic mass is 35.5. The van der Waals surface area contributed by atoms with Crippen molar-refractivity contribution in [2.75, 3.05) is 5.32 Å². The number of amides is 2. The summed E-state index contributed by atoms with van der Waals surface area (Å²) in [4.78, 5) is 36.2. The number of primary amides is 1. The molecule has 1 heterocycles. The molecule has 0 unspecified atom stereocenters. The number of rotatable bonds is 5. The molecule has 2 aromatic carbocycles. The van der Waals surface area contributed by atoms with Crippen LogP contribution >= 0.6 is 11.6 Å². The van der Waals surface area contributed by atoms with Crippen molar-refractivity contribution in [1.82, 2.24) is 4.57 Å². The number of aromatic nitrogens is 1. The molecule has 6 nitrogen and oxygen atoms in total. The molecular weight excluding hydrogens is 385 g/mol. The Morgan fingerprint density at radius 3 is 2.43 bits per heavy atom. The molecule has 0 aliphatic heterocycles. The Hall–Kier alpha value is -3.45. The highest BCUT2D eigenvalue weighted by Crippen LogP contribution is 2.19. The Balaban J connectivity index is 1.85. The number of anilines is 1. The van der Waals surface area contributed by atoms with Crippen molar-refractivity contribution in [3.63, 3.8) is 0 Å². The third kappa shape index (κ3) is 4.10.